The second kappa shape index (κ2) is 7.33. The number of anilines is 1. The van der Waals surface area contributed by atoms with Crippen molar-refractivity contribution < 1.29 is 0 Å². The van der Waals surface area contributed by atoms with E-state index in [9.17, 15) is 0 Å². The molecule has 2 aromatic rings. The maximum atomic E-state index is 4.50. The van der Waals surface area contributed by atoms with Crippen LogP contribution in [0.15, 0.2) is 18.6 Å². The van der Waals surface area contributed by atoms with Gasteiger partial charge in [0.15, 0.2) is 0 Å². The van der Waals surface area contributed by atoms with Crippen LogP contribution >= 0.6 is 12.4 Å². The summed E-state index contributed by atoms with van der Waals surface area (Å²) in [7, 11) is 0. The van der Waals surface area contributed by atoms with Gasteiger partial charge < -0.3 is 5.32 Å². The molecule has 0 amide bonds. The summed E-state index contributed by atoms with van der Waals surface area (Å²) in [6.07, 6.45) is 7.14. The maximum Gasteiger partial charge on any atom is 0.0729 e. The van der Waals surface area contributed by atoms with Crippen LogP contribution in [0.4, 0.5) is 5.69 Å². The Morgan fingerprint density at radius 1 is 1.30 bits per heavy atom. The zero-order chi connectivity index (χ0) is 13.8. The molecule has 6 heteroatoms. The fourth-order valence-electron chi connectivity index (χ4n) is 1.99. The number of nitrogens with zero attached hydrogens (tertiary/aromatic N) is 4. The summed E-state index contributed by atoms with van der Waals surface area (Å²) in [5.74, 6) is 0. The first kappa shape index (κ1) is 16.6. The number of hydrogen-bond acceptors (Lipinski definition) is 3. The van der Waals surface area contributed by atoms with E-state index in [1.165, 1.54) is 5.56 Å². The highest BCUT2D eigenvalue weighted by atomic mass is 35.5. The highest BCUT2D eigenvalue weighted by molar-refractivity contribution is 5.85. The first-order valence-electron chi connectivity index (χ1n) is 6.91. The van der Waals surface area contributed by atoms with Gasteiger partial charge in [-0.3, -0.25) is 9.36 Å². The SMILES string of the molecule is CCCn1cc(CNc2cnn(C(C)C)c2)c(C)n1.Cl. The van der Waals surface area contributed by atoms with Gasteiger partial charge in [0.05, 0.1) is 17.6 Å². The van der Waals surface area contributed by atoms with Gasteiger partial charge in [-0.2, -0.15) is 10.2 Å². The Bertz CT molecular complexity index is 529. The standard InChI is InChI=1S/C14H23N5.ClH/c1-5-6-18-9-13(12(4)17-18)7-15-14-8-16-19(10-14)11(2)3;/h8-11,15H,5-7H2,1-4H3;1H. The average molecular weight is 298 g/mol. The second-order valence-electron chi connectivity index (χ2n) is 5.16. The molecule has 0 radical (unpaired) electrons. The van der Waals surface area contributed by atoms with Gasteiger partial charge in [0.1, 0.15) is 0 Å². The third kappa shape index (κ3) is 4.00. The lowest BCUT2D eigenvalue weighted by molar-refractivity contribution is 0.532. The molecule has 0 aliphatic carbocycles. The summed E-state index contributed by atoms with van der Waals surface area (Å²) in [6.45, 7) is 10.2. The monoisotopic (exact) mass is 297 g/mol. The molecule has 0 aliphatic heterocycles. The zero-order valence-electron chi connectivity index (χ0n) is 12.6. The number of aromatic nitrogens is 4. The van der Waals surface area contributed by atoms with E-state index in [4.69, 9.17) is 0 Å². The minimum atomic E-state index is 0. The Balaban J connectivity index is 0.00000200. The third-order valence-corrected chi connectivity index (χ3v) is 3.11. The average Bonchev–Trinajstić information content (AvgIpc) is 2.94. The Labute approximate surface area is 126 Å². The van der Waals surface area contributed by atoms with Crippen LogP contribution in [-0.4, -0.2) is 19.6 Å². The predicted octanol–water partition coefficient (Wildman–Crippen LogP) is 3.41. The van der Waals surface area contributed by atoms with Crippen molar-refractivity contribution in [1.82, 2.24) is 19.6 Å². The zero-order valence-corrected chi connectivity index (χ0v) is 13.4. The maximum absolute atomic E-state index is 4.50. The lowest BCUT2D eigenvalue weighted by Gasteiger charge is -2.04. The lowest BCUT2D eigenvalue weighted by Crippen LogP contribution is -2.01. The summed E-state index contributed by atoms with van der Waals surface area (Å²) in [6, 6.07) is 0.393. The number of halogens is 1. The van der Waals surface area contributed by atoms with E-state index in [0.29, 0.717) is 6.04 Å². The Morgan fingerprint density at radius 2 is 2.05 bits per heavy atom. The molecular weight excluding hydrogens is 274 g/mol. The van der Waals surface area contributed by atoms with Crippen LogP contribution in [0, 0.1) is 6.92 Å². The first-order chi connectivity index (χ1) is 9.10. The molecule has 0 fully saturated rings. The summed E-state index contributed by atoms with van der Waals surface area (Å²) < 4.78 is 3.97. The fraction of sp³-hybridized carbons (Fsp3) is 0.571. The molecule has 0 spiro atoms. The molecular formula is C14H24ClN5. The van der Waals surface area contributed by atoms with Crippen molar-refractivity contribution in [3.05, 3.63) is 29.8 Å². The van der Waals surface area contributed by atoms with Gasteiger partial charge in [0.2, 0.25) is 0 Å². The minimum absolute atomic E-state index is 0. The number of aryl methyl sites for hydroxylation is 2. The van der Waals surface area contributed by atoms with Crippen LogP contribution in [0.1, 0.15) is 44.5 Å². The van der Waals surface area contributed by atoms with Gasteiger partial charge in [0, 0.05) is 37.1 Å². The number of nitrogens with one attached hydrogen (secondary N) is 1. The van der Waals surface area contributed by atoms with E-state index in [0.717, 1.165) is 30.9 Å². The van der Waals surface area contributed by atoms with Crippen LogP contribution in [-0.2, 0) is 13.1 Å². The second-order valence-corrected chi connectivity index (χ2v) is 5.16. The van der Waals surface area contributed by atoms with Gasteiger partial charge in [-0.15, -0.1) is 12.4 Å². The Kier molecular flexibility index (Phi) is 6.07. The summed E-state index contributed by atoms with van der Waals surface area (Å²) in [5, 5.41) is 12.2. The van der Waals surface area contributed by atoms with E-state index in [-0.39, 0.29) is 12.4 Å². The molecule has 112 valence electrons. The van der Waals surface area contributed by atoms with Gasteiger partial charge in [-0.05, 0) is 27.2 Å². The molecule has 0 unspecified atom stereocenters. The first-order valence-corrected chi connectivity index (χ1v) is 6.91. The van der Waals surface area contributed by atoms with Crippen molar-refractivity contribution in [3.63, 3.8) is 0 Å². The molecule has 20 heavy (non-hydrogen) atoms. The van der Waals surface area contributed by atoms with Crippen LogP contribution in [0.5, 0.6) is 0 Å². The van der Waals surface area contributed by atoms with Crippen LogP contribution < -0.4 is 5.32 Å². The summed E-state index contributed by atoms with van der Waals surface area (Å²) in [4.78, 5) is 0. The molecule has 2 heterocycles. The lowest BCUT2D eigenvalue weighted by atomic mass is 10.2. The predicted molar refractivity (Wildman–Crippen MR) is 84.4 cm³/mol. The van der Waals surface area contributed by atoms with E-state index >= 15 is 0 Å². The summed E-state index contributed by atoms with van der Waals surface area (Å²) in [5.41, 5.74) is 3.39. The third-order valence-electron chi connectivity index (χ3n) is 3.11. The topological polar surface area (TPSA) is 47.7 Å². The quantitative estimate of drug-likeness (QED) is 0.889. The van der Waals surface area contributed by atoms with Gasteiger partial charge in [-0.25, -0.2) is 0 Å². The van der Waals surface area contributed by atoms with E-state index in [1.807, 2.05) is 21.8 Å². The number of rotatable bonds is 6. The molecule has 0 bridgehead atoms. The van der Waals surface area contributed by atoms with Crippen molar-refractivity contribution >= 4 is 18.1 Å². The Morgan fingerprint density at radius 3 is 2.65 bits per heavy atom. The van der Waals surface area contributed by atoms with Crippen molar-refractivity contribution in [2.24, 2.45) is 0 Å². The van der Waals surface area contributed by atoms with E-state index < -0.39 is 0 Å². The highest BCUT2D eigenvalue weighted by Crippen LogP contribution is 2.13. The fourth-order valence-corrected chi connectivity index (χ4v) is 1.99. The molecule has 0 atom stereocenters. The van der Waals surface area contributed by atoms with E-state index in [1.54, 1.807) is 0 Å². The Hall–Kier alpha value is -1.49. The highest BCUT2D eigenvalue weighted by Gasteiger charge is 2.06. The van der Waals surface area contributed by atoms with Crippen molar-refractivity contribution in [3.8, 4) is 0 Å². The largest absolute Gasteiger partial charge is 0.378 e. The molecule has 5 nitrogen and oxygen atoms in total. The summed E-state index contributed by atoms with van der Waals surface area (Å²) >= 11 is 0. The van der Waals surface area contributed by atoms with Crippen LogP contribution in [0.2, 0.25) is 0 Å². The van der Waals surface area contributed by atoms with Gasteiger partial charge in [0.25, 0.3) is 0 Å². The van der Waals surface area contributed by atoms with Crippen molar-refractivity contribution in [1.29, 1.82) is 0 Å². The molecule has 0 aliphatic rings. The molecule has 0 saturated carbocycles. The van der Waals surface area contributed by atoms with Crippen molar-refractivity contribution in [2.45, 2.75) is 53.2 Å². The number of hydrogen-bond donors (Lipinski definition) is 1. The molecule has 0 saturated heterocycles. The van der Waals surface area contributed by atoms with E-state index in [2.05, 4.69) is 49.4 Å². The van der Waals surface area contributed by atoms with Crippen LogP contribution in [0.25, 0.3) is 0 Å². The smallest absolute Gasteiger partial charge is 0.0729 e. The van der Waals surface area contributed by atoms with Gasteiger partial charge >= 0.3 is 0 Å². The molecule has 2 rings (SSSR count). The molecule has 0 aromatic carbocycles. The normalized spacial score (nSPS) is 10.7. The van der Waals surface area contributed by atoms with Crippen LogP contribution in [0.3, 0.4) is 0 Å². The molecule has 1 N–H and O–H groups in total. The minimum Gasteiger partial charge on any atom is -0.378 e. The van der Waals surface area contributed by atoms with Gasteiger partial charge in [-0.1, -0.05) is 6.92 Å². The molecule has 2 aromatic heterocycles. The van der Waals surface area contributed by atoms with Crippen molar-refractivity contribution in [2.75, 3.05) is 5.32 Å².